The van der Waals surface area contributed by atoms with Crippen LogP contribution in [-0.4, -0.2) is 0 Å². The third-order valence-electron chi connectivity index (χ3n) is 5.31. The van der Waals surface area contributed by atoms with Gasteiger partial charge >= 0.3 is 0 Å². The van der Waals surface area contributed by atoms with Crippen LogP contribution in [0.25, 0.3) is 22.4 Å². The summed E-state index contributed by atoms with van der Waals surface area (Å²) in [5.41, 5.74) is 8.22. The van der Waals surface area contributed by atoms with Crippen molar-refractivity contribution in [1.29, 1.82) is 0 Å². The van der Waals surface area contributed by atoms with Gasteiger partial charge in [0, 0.05) is 23.1 Å². The zero-order valence-electron chi connectivity index (χ0n) is 14.5. The first-order chi connectivity index (χ1) is 11.4. The Balaban J connectivity index is 2.02. The molecule has 0 bridgehead atoms. The van der Waals surface area contributed by atoms with Gasteiger partial charge in [-0.1, -0.05) is 26.0 Å². The van der Waals surface area contributed by atoms with E-state index < -0.39 is 0 Å². The van der Waals surface area contributed by atoms with Crippen molar-refractivity contribution < 1.29 is 8.96 Å². The molecule has 1 heterocycles. The average Bonchev–Trinajstić information content (AvgIpc) is 2.75. The summed E-state index contributed by atoms with van der Waals surface area (Å²) in [5, 5.41) is 0. The molecule has 1 aromatic heterocycles. The summed E-state index contributed by atoms with van der Waals surface area (Å²) in [4.78, 5) is 0. The summed E-state index contributed by atoms with van der Waals surface area (Å²) >= 11 is 0. The average molecular weight is 318 g/mol. The molecular weight excluding hydrogens is 297 g/mol. The van der Waals surface area contributed by atoms with Gasteiger partial charge in [0.15, 0.2) is 6.20 Å². The summed E-state index contributed by atoms with van der Waals surface area (Å²) in [6, 6.07) is 15.9. The number of rotatable bonds is 1. The van der Waals surface area contributed by atoms with E-state index in [2.05, 4.69) is 62.8 Å². The molecule has 0 atom stereocenters. The molecule has 2 heteroatoms. The molecule has 4 rings (SSSR count). The number of benzene rings is 2. The van der Waals surface area contributed by atoms with Gasteiger partial charge in [-0.15, -0.1) is 0 Å². The Morgan fingerprint density at radius 2 is 1.62 bits per heavy atom. The molecule has 0 fully saturated rings. The number of fused-ring (bicyclic) bond motifs is 3. The van der Waals surface area contributed by atoms with Crippen molar-refractivity contribution in [2.45, 2.75) is 26.2 Å². The number of pyridine rings is 1. The van der Waals surface area contributed by atoms with Gasteiger partial charge in [-0.05, 0) is 59.0 Å². The molecule has 1 aliphatic carbocycles. The third-order valence-corrected chi connectivity index (χ3v) is 5.31. The lowest BCUT2D eigenvalue weighted by atomic mass is 9.81. The lowest BCUT2D eigenvalue weighted by Gasteiger charge is -2.22. The van der Waals surface area contributed by atoms with Gasteiger partial charge in [0.2, 0.25) is 5.69 Å². The van der Waals surface area contributed by atoms with E-state index in [1.165, 1.54) is 27.9 Å². The minimum atomic E-state index is -0.172. The molecule has 120 valence electrons. The van der Waals surface area contributed by atoms with Crippen LogP contribution in [0.3, 0.4) is 0 Å². The van der Waals surface area contributed by atoms with Crippen LogP contribution in [0.1, 0.15) is 30.5 Å². The first-order valence-electron chi connectivity index (χ1n) is 8.30. The Kier molecular flexibility index (Phi) is 3.14. The fraction of sp³-hybridized carbons (Fsp3) is 0.227. The van der Waals surface area contributed by atoms with Crippen LogP contribution in [0.2, 0.25) is 0 Å². The normalized spacial score (nSPS) is 14.4. The van der Waals surface area contributed by atoms with E-state index in [9.17, 15) is 4.39 Å². The van der Waals surface area contributed by atoms with E-state index in [4.69, 9.17) is 0 Å². The van der Waals surface area contributed by atoms with E-state index in [1.54, 1.807) is 12.1 Å². The fourth-order valence-electron chi connectivity index (χ4n) is 3.94. The third kappa shape index (κ3) is 2.02. The van der Waals surface area contributed by atoms with Crippen LogP contribution in [0.15, 0.2) is 54.7 Å². The first-order valence-corrected chi connectivity index (χ1v) is 8.30. The smallest absolute Gasteiger partial charge is 0.207 e. The van der Waals surface area contributed by atoms with E-state index in [1.807, 2.05) is 12.1 Å². The van der Waals surface area contributed by atoms with Crippen LogP contribution in [0.4, 0.5) is 4.39 Å². The molecule has 0 saturated carbocycles. The molecule has 1 aliphatic rings. The van der Waals surface area contributed by atoms with Crippen LogP contribution < -0.4 is 4.57 Å². The summed E-state index contributed by atoms with van der Waals surface area (Å²) in [6.45, 7) is 6.51. The van der Waals surface area contributed by atoms with E-state index in [0.717, 1.165) is 11.1 Å². The van der Waals surface area contributed by atoms with Gasteiger partial charge in [-0.2, -0.15) is 0 Å². The predicted molar refractivity (Wildman–Crippen MR) is 95.3 cm³/mol. The Bertz CT molecular complexity index is 970. The van der Waals surface area contributed by atoms with Crippen LogP contribution in [0, 0.1) is 12.7 Å². The van der Waals surface area contributed by atoms with Crippen molar-refractivity contribution in [2.75, 3.05) is 0 Å². The highest BCUT2D eigenvalue weighted by Crippen LogP contribution is 2.50. The number of halogens is 1. The van der Waals surface area contributed by atoms with Crippen molar-refractivity contribution in [3.05, 3.63) is 77.2 Å². The monoisotopic (exact) mass is 318 g/mol. The van der Waals surface area contributed by atoms with Crippen molar-refractivity contribution in [1.82, 2.24) is 0 Å². The molecule has 0 aliphatic heterocycles. The maximum Gasteiger partial charge on any atom is 0.212 e. The number of hydrogen-bond donors (Lipinski definition) is 0. The lowest BCUT2D eigenvalue weighted by Crippen LogP contribution is -2.30. The number of nitrogens with zero attached hydrogens (tertiary/aromatic N) is 1. The second-order valence-electron chi connectivity index (χ2n) is 7.22. The van der Waals surface area contributed by atoms with E-state index >= 15 is 0 Å². The Morgan fingerprint density at radius 3 is 2.38 bits per heavy atom. The van der Waals surface area contributed by atoms with Crippen molar-refractivity contribution in [3.8, 4) is 22.4 Å². The molecule has 2 aromatic carbocycles. The highest BCUT2D eigenvalue weighted by Gasteiger charge is 2.36. The number of hydrogen-bond acceptors (Lipinski definition) is 0. The first kappa shape index (κ1) is 15.1. The topological polar surface area (TPSA) is 3.88 Å². The van der Waals surface area contributed by atoms with Crippen LogP contribution >= 0.6 is 0 Å². The van der Waals surface area contributed by atoms with E-state index in [-0.39, 0.29) is 11.2 Å². The highest BCUT2D eigenvalue weighted by atomic mass is 19.1. The molecule has 3 aromatic rings. The second-order valence-corrected chi connectivity index (χ2v) is 7.22. The van der Waals surface area contributed by atoms with Crippen LogP contribution in [-0.2, 0) is 12.5 Å². The predicted octanol–water partition coefficient (Wildman–Crippen LogP) is 4.93. The molecule has 0 radical (unpaired) electrons. The van der Waals surface area contributed by atoms with Crippen molar-refractivity contribution >= 4 is 0 Å². The summed E-state index contributed by atoms with van der Waals surface area (Å²) in [6.07, 6.45) is 2.06. The fourth-order valence-corrected chi connectivity index (χ4v) is 3.94. The van der Waals surface area contributed by atoms with Gasteiger partial charge in [0.25, 0.3) is 0 Å². The quantitative estimate of drug-likeness (QED) is 0.560. The molecule has 0 amide bonds. The van der Waals surface area contributed by atoms with E-state index in [0.29, 0.717) is 0 Å². The molecular formula is C22H21FN+. The molecule has 0 unspecified atom stereocenters. The van der Waals surface area contributed by atoms with Gasteiger partial charge < -0.3 is 0 Å². The maximum absolute atomic E-state index is 13.8. The minimum Gasteiger partial charge on any atom is -0.207 e. The maximum atomic E-state index is 13.8. The largest absolute Gasteiger partial charge is 0.212 e. The number of aryl methyl sites for hydroxylation is 2. The van der Waals surface area contributed by atoms with Crippen molar-refractivity contribution in [2.24, 2.45) is 7.05 Å². The minimum absolute atomic E-state index is 0.166. The lowest BCUT2D eigenvalue weighted by molar-refractivity contribution is -0.660. The van der Waals surface area contributed by atoms with Gasteiger partial charge in [0.05, 0.1) is 0 Å². The summed E-state index contributed by atoms with van der Waals surface area (Å²) in [5.74, 6) is -0.166. The van der Waals surface area contributed by atoms with Crippen LogP contribution in [0.5, 0.6) is 0 Å². The Morgan fingerprint density at radius 1 is 0.875 bits per heavy atom. The van der Waals surface area contributed by atoms with Gasteiger partial charge in [-0.3, -0.25) is 0 Å². The SMILES string of the molecule is Cc1cc2c(cc1-c1cccc[n+]1C)-c1ccc(F)cc1C2(C)C. The molecule has 0 saturated heterocycles. The standard InChI is InChI=1S/C22H21FN/c1-14-11-19-18(13-17(14)21-7-5-6-10-24(21)4)16-9-8-15(23)12-20(16)22(19,2)3/h5-13H,1-4H3/q+1. The summed E-state index contributed by atoms with van der Waals surface area (Å²) in [7, 11) is 2.06. The Labute approximate surface area is 142 Å². The number of aromatic nitrogens is 1. The molecule has 24 heavy (non-hydrogen) atoms. The zero-order valence-corrected chi connectivity index (χ0v) is 14.5. The second kappa shape index (κ2) is 5.01. The molecule has 0 spiro atoms. The molecule has 1 nitrogen and oxygen atoms in total. The van der Waals surface area contributed by atoms with Crippen molar-refractivity contribution in [3.63, 3.8) is 0 Å². The zero-order chi connectivity index (χ0) is 17.1. The van der Waals surface area contributed by atoms with Gasteiger partial charge in [-0.25, -0.2) is 8.96 Å². The highest BCUT2D eigenvalue weighted by molar-refractivity contribution is 5.84. The summed E-state index contributed by atoms with van der Waals surface area (Å²) < 4.78 is 15.9. The molecule has 0 N–H and O–H groups in total. The van der Waals surface area contributed by atoms with Gasteiger partial charge in [0.1, 0.15) is 12.9 Å². The Hall–Kier alpha value is -2.48.